The van der Waals surface area contributed by atoms with Gasteiger partial charge < -0.3 is 5.32 Å². The molecule has 30 heavy (non-hydrogen) atoms. The van der Waals surface area contributed by atoms with E-state index < -0.39 is 18.1 Å². The second-order valence-corrected chi connectivity index (χ2v) is 6.94. The van der Waals surface area contributed by atoms with Crippen LogP contribution < -0.4 is 5.32 Å². The fourth-order valence-corrected chi connectivity index (χ4v) is 3.09. The maximum Gasteiger partial charge on any atom is 0.280 e. The van der Waals surface area contributed by atoms with Crippen LogP contribution in [0.25, 0.3) is 16.9 Å². The van der Waals surface area contributed by atoms with Crippen LogP contribution >= 0.6 is 0 Å². The van der Waals surface area contributed by atoms with Crippen LogP contribution in [0.15, 0.2) is 54.7 Å². The first kappa shape index (κ1) is 19.6. The van der Waals surface area contributed by atoms with Gasteiger partial charge in [-0.15, -0.1) is 0 Å². The monoisotopic (exact) mass is 410 g/mol. The number of benzene rings is 2. The molecule has 1 amide bonds. The van der Waals surface area contributed by atoms with Crippen LogP contribution in [0.2, 0.25) is 0 Å². The minimum atomic E-state index is -2.82. The predicted octanol–water partition coefficient (Wildman–Crippen LogP) is 5.34. The zero-order chi connectivity index (χ0) is 21.4. The highest BCUT2D eigenvalue weighted by atomic mass is 19.3. The lowest BCUT2D eigenvalue weighted by Gasteiger charge is -2.10. The minimum absolute atomic E-state index is 0.00469. The summed E-state index contributed by atoms with van der Waals surface area (Å²) in [6.07, 6.45) is -1.64. The fourth-order valence-electron chi connectivity index (χ4n) is 3.09. The number of aromatic nitrogens is 3. The van der Waals surface area contributed by atoms with Crippen molar-refractivity contribution >= 4 is 17.2 Å². The Labute approximate surface area is 170 Å². The van der Waals surface area contributed by atoms with Gasteiger partial charge >= 0.3 is 0 Å². The first-order valence-corrected chi connectivity index (χ1v) is 9.15. The third kappa shape index (κ3) is 3.63. The summed E-state index contributed by atoms with van der Waals surface area (Å²) in [6, 6.07) is 12.5. The van der Waals surface area contributed by atoms with Crippen molar-refractivity contribution in [2.45, 2.75) is 20.3 Å². The Morgan fingerprint density at radius 1 is 1.07 bits per heavy atom. The Hall–Kier alpha value is -3.68. The van der Waals surface area contributed by atoms with Crippen LogP contribution in [-0.2, 0) is 0 Å². The van der Waals surface area contributed by atoms with Gasteiger partial charge in [0.15, 0.2) is 5.65 Å². The van der Waals surface area contributed by atoms with Gasteiger partial charge in [0.05, 0.1) is 11.9 Å². The van der Waals surface area contributed by atoms with Crippen molar-refractivity contribution in [3.8, 4) is 11.3 Å². The molecule has 0 aliphatic heterocycles. The standard InChI is InChI=1S/C22H17F3N4O/c1-12-3-6-14(7-4-12)18-10-19(20(24)25)29-21(27-18)16(11-26-29)22(30)28-17-9-15(23)8-5-13(17)2/h3-11,20H,1-2H3,(H,28,30). The van der Waals surface area contributed by atoms with Crippen molar-refractivity contribution in [2.24, 2.45) is 0 Å². The molecule has 0 aliphatic rings. The third-order valence-electron chi connectivity index (χ3n) is 4.76. The van der Waals surface area contributed by atoms with E-state index in [9.17, 15) is 18.0 Å². The summed E-state index contributed by atoms with van der Waals surface area (Å²) in [5, 5.41) is 6.53. The molecule has 4 rings (SSSR count). The van der Waals surface area contributed by atoms with Crippen LogP contribution in [0.1, 0.15) is 33.6 Å². The molecule has 0 aliphatic carbocycles. The second-order valence-electron chi connectivity index (χ2n) is 6.94. The van der Waals surface area contributed by atoms with E-state index in [1.54, 1.807) is 19.1 Å². The van der Waals surface area contributed by atoms with Crippen molar-refractivity contribution < 1.29 is 18.0 Å². The van der Waals surface area contributed by atoms with Gasteiger partial charge in [0.1, 0.15) is 17.1 Å². The van der Waals surface area contributed by atoms with Gasteiger partial charge in [0.25, 0.3) is 12.3 Å². The van der Waals surface area contributed by atoms with E-state index in [0.717, 1.165) is 10.1 Å². The normalized spacial score (nSPS) is 11.3. The summed E-state index contributed by atoms with van der Waals surface area (Å²) in [6.45, 7) is 3.63. The highest BCUT2D eigenvalue weighted by Crippen LogP contribution is 2.27. The number of nitrogens with zero attached hydrogens (tertiary/aromatic N) is 3. The Kier molecular flexibility index (Phi) is 4.99. The number of rotatable bonds is 4. The highest BCUT2D eigenvalue weighted by Gasteiger charge is 2.22. The second kappa shape index (κ2) is 7.62. The van der Waals surface area contributed by atoms with Crippen molar-refractivity contribution in [2.75, 3.05) is 5.32 Å². The quantitative estimate of drug-likeness (QED) is 0.494. The maximum atomic E-state index is 13.7. The summed E-state index contributed by atoms with van der Waals surface area (Å²) < 4.78 is 41.9. The first-order valence-electron chi connectivity index (χ1n) is 9.15. The van der Waals surface area contributed by atoms with Crippen LogP contribution in [0.5, 0.6) is 0 Å². The molecule has 2 heterocycles. The molecule has 0 fully saturated rings. The molecule has 152 valence electrons. The molecule has 0 radical (unpaired) electrons. The van der Waals surface area contributed by atoms with Crippen molar-refractivity contribution in [3.05, 3.63) is 82.9 Å². The SMILES string of the molecule is Cc1ccc(-c2cc(C(F)F)n3ncc(C(=O)Nc4cc(F)ccc4C)c3n2)cc1. The number of aryl methyl sites for hydroxylation is 2. The molecule has 0 bridgehead atoms. The Morgan fingerprint density at radius 3 is 2.50 bits per heavy atom. The van der Waals surface area contributed by atoms with E-state index in [2.05, 4.69) is 15.4 Å². The maximum absolute atomic E-state index is 13.7. The van der Waals surface area contributed by atoms with Gasteiger partial charge in [-0.1, -0.05) is 35.9 Å². The number of fused-ring (bicyclic) bond motifs is 1. The van der Waals surface area contributed by atoms with E-state index in [-0.39, 0.29) is 22.6 Å². The topological polar surface area (TPSA) is 59.3 Å². The van der Waals surface area contributed by atoms with Gasteiger partial charge in [-0.25, -0.2) is 22.7 Å². The smallest absolute Gasteiger partial charge is 0.280 e. The minimum Gasteiger partial charge on any atom is -0.321 e. The van der Waals surface area contributed by atoms with Gasteiger partial charge in [-0.3, -0.25) is 4.79 Å². The largest absolute Gasteiger partial charge is 0.321 e. The number of anilines is 1. The van der Waals surface area contributed by atoms with Gasteiger partial charge in [0.2, 0.25) is 0 Å². The number of nitrogens with one attached hydrogen (secondary N) is 1. The number of hydrogen-bond donors (Lipinski definition) is 1. The Bertz CT molecular complexity index is 1250. The average Bonchev–Trinajstić information content (AvgIpc) is 3.14. The predicted molar refractivity (Wildman–Crippen MR) is 107 cm³/mol. The summed E-state index contributed by atoms with van der Waals surface area (Å²) in [4.78, 5) is 17.2. The summed E-state index contributed by atoms with van der Waals surface area (Å²) in [5.74, 6) is -1.12. The third-order valence-corrected chi connectivity index (χ3v) is 4.76. The van der Waals surface area contributed by atoms with Gasteiger partial charge in [-0.2, -0.15) is 5.10 Å². The Morgan fingerprint density at radius 2 is 1.80 bits per heavy atom. The first-order chi connectivity index (χ1) is 14.3. The number of hydrogen-bond acceptors (Lipinski definition) is 3. The highest BCUT2D eigenvalue weighted by molar-refractivity contribution is 6.08. The van der Waals surface area contributed by atoms with E-state index in [0.29, 0.717) is 16.8 Å². The molecule has 2 aromatic heterocycles. The summed E-state index contributed by atoms with van der Waals surface area (Å²) in [5.41, 5.74) is 2.52. The van der Waals surface area contributed by atoms with E-state index >= 15 is 0 Å². The average molecular weight is 410 g/mol. The number of carbonyl (C=O) groups excluding carboxylic acids is 1. The molecule has 0 spiro atoms. The lowest BCUT2D eigenvalue weighted by molar-refractivity contribution is 0.102. The number of halogens is 3. The molecular formula is C22H17F3N4O. The van der Waals surface area contributed by atoms with Crippen molar-refractivity contribution in [3.63, 3.8) is 0 Å². The number of carbonyl (C=O) groups is 1. The zero-order valence-electron chi connectivity index (χ0n) is 16.2. The molecule has 1 N–H and O–H groups in total. The molecule has 4 aromatic rings. The summed E-state index contributed by atoms with van der Waals surface area (Å²) in [7, 11) is 0. The van der Waals surface area contributed by atoms with Crippen LogP contribution in [0, 0.1) is 19.7 Å². The molecule has 0 saturated carbocycles. The number of amides is 1. The lowest BCUT2D eigenvalue weighted by Crippen LogP contribution is -2.13. The van der Waals surface area contributed by atoms with Crippen molar-refractivity contribution in [1.29, 1.82) is 0 Å². The van der Waals surface area contributed by atoms with E-state index in [1.807, 2.05) is 19.1 Å². The Balaban J connectivity index is 1.81. The number of alkyl halides is 2. The molecule has 0 unspecified atom stereocenters. The molecule has 2 aromatic carbocycles. The van der Waals surface area contributed by atoms with Crippen LogP contribution in [0.4, 0.5) is 18.9 Å². The van der Waals surface area contributed by atoms with Gasteiger partial charge in [0, 0.05) is 11.3 Å². The molecular weight excluding hydrogens is 393 g/mol. The molecule has 0 saturated heterocycles. The van der Waals surface area contributed by atoms with E-state index in [4.69, 9.17) is 0 Å². The zero-order valence-corrected chi connectivity index (χ0v) is 16.2. The molecule has 8 heteroatoms. The van der Waals surface area contributed by atoms with Crippen molar-refractivity contribution in [1.82, 2.24) is 14.6 Å². The fraction of sp³-hybridized carbons (Fsp3) is 0.136. The molecule has 0 atom stereocenters. The summed E-state index contributed by atoms with van der Waals surface area (Å²) >= 11 is 0. The molecule has 5 nitrogen and oxygen atoms in total. The van der Waals surface area contributed by atoms with Crippen LogP contribution in [-0.4, -0.2) is 20.5 Å². The van der Waals surface area contributed by atoms with Gasteiger partial charge in [-0.05, 0) is 37.6 Å². The van der Waals surface area contributed by atoms with E-state index in [1.165, 1.54) is 30.5 Å². The van der Waals surface area contributed by atoms with Crippen LogP contribution in [0.3, 0.4) is 0 Å². The lowest BCUT2D eigenvalue weighted by atomic mass is 10.1.